The predicted octanol–water partition coefficient (Wildman–Crippen LogP) is 3.31. The fourth-order valence-electron chi connectivity index (χ4n) is 2.30. The minimum absolute atomic E-state index is 0.590. The van der Waals surface area contributed by atoms with Crippen LogP contribution in [0.1, 0.15) is 30.9 Å². The van der Waals surface area contributed by atoms with Crippen LogP contribution in [0.3, 0.4) is 0 Å². The van der Waals surface area contributed by atoms with Gasteiger partial charge < -0.3 is 0 Å². The summed E-state index contributed by atoms with van der Waals surface area (Å²) in [6.07, 6.45) is 6.02. The maximum absolute atomic E-state index is 10.4. The second-order valence-corrected chi connectivity index (χ2v) is 4.83. The van der Waals surface area contributed by atoms with Crippen molar-refractivity contribution in [1.29, 1.82) is 0 Å². The Labute approximate surface area is 124 Å². The molecule has 0 aliphatic heterocycles. The molecule has 108 valence electrons. The number of hydrogen-bond acceptors (Lipinski definition) is 3. The molecule has 0 radical (unpaired) electrons. The van der Waals surface area contributed by atoms with Gasteiger partial charge in [0.15, 0.2) is 0 Å². The maximum atomic E-state index is 10.4. The number of aromatic nitrogens is 1. The lowest BCUT2D eigenvalue weighted by Gasteiger charge is -2.10. The molecular weight excluding hydrogens is 262 g/mol. The zero-order chi connectivity index (χ0) is 15.1. The van der Waals surface area contributed by atoms with Gasteiger partial charge >= 0.3 is 0 Å². The van der Waals surface area contributed by atoms with Gasteiger partial charge in [0.2, 0.25) is 6.41 Å². The third-order valence-electron chi connectivity index (χ3n) is 3.27. The Hall–Kier alpha value is -2.49. The molecule has 1 aromatic heterocycles. The zero-order valence-corrected chi connectivity index (χ0v) is 12.3. The molecular formula is C17H19N3O. The van der Waals surface area contributed by atoms with Crippen LogP contribution in [0.2, 0.25) is 0 Å². The van der Waals surface area contributed by atoms with Gasteiger partial charge in [-0.15, -0.1) is 0 Å². The third kappa shape index (κ3) is 3.75. The van der Waals surface area contributed by atoms with Crippen LogP contribution >= 0.6 is 0 Å². The number of pyridine rings is 1. The van der Waals surface area contributed by atoms with Gasteiger partial charge in [0.25, 0.3) is 0 Å². The first-order valence-electron chi connectivity index (χ1n) is 7.03. The SMILES string of the molecule is CCC/C(=N\NC=O)c1ccc(-c2cccnc2)c(C)c1. The molecule has 0 fully saturated rings. The van der Waals surface area contributed by atoms with Gasteiger partial charge in [-0.05, 0) is 42.2 Å². The van der Waals surface area contributed by atoms with Crippen LogP contribution < -0.4 is 5.43 Å². The topological polar surface area (TPSA) is 54.4 Å². The van der Waals surface area contributed by atoms with Crippen molar-refractivity contribution in [2.24, 2.45) is 5.10 Å². The summed E-state index contributed by atoms with van der Waals surface area (Å²) in [4.78, 5) is 14.6. The molecule has 0 atom stereocenters. The highest BCUT2D eigenvalue weighted by atomic mass is 16.1. The average molecular weight is 281 g/mol. The summed E-state index contributed by atoms with van der Waals surface area (Å²) in [7, 11) is 0. The molecule has 0 saturated carbocycles. The van der Waals surface area contributed by atoms with E-state index >= 15 is 0 Å². The molecule has 2 rings (SSSR count). The highest BCUT2D eigenvalue weighted by molar-refractivity contribution is 6.01. The molecule has 0 aliphatic carbocycles. The highest BCUT2D eigenvalue weighted by Gasteiger charge is 2.07. The van der Waals surface area contributed by atoms with Gasteiger partial charge in [-0.2, -0.15) is 5.10 Å². The Morgan fingerprint density at radius 3 is 2.86 bits per heavy atom. The van der Waals surface area contributed by atoms with E-state index in [1.54, 1.807) is 6.20 Å². The minimum Gasteiger partial charge on any atom is -0.277 e. The average Bonchev–Trinajstić information content (AvgIpc) is 2.52. The molecule has 21 heavy (non-hydrogen) atoms. The highest BCUT2D eigenvalue weighted by Crippen LogP contribution is 2.24. The first-order valence-corrected chi connectivity index (χ1v) is 7.03. The summed E-state index contributed by atoms with van der Waals surface area (Å²) in [5, 5.41) is 4.13. The van der Waals surface area contributed by atoms with Crippen molar-refractivity contribution in [3.8, 4) is 11.1 Å². The molecule has 1 N–H and O–H groups in total. The van der Waals surface area contributed by atoms with Crippen molar-refractivity contribution in [3.63, 3.8) is 0 Å². The monoisotopic (exact) mass is 281 g/mol. The van der Waals surface area contributed by atoms with Gasteiger partial charge in [-0.3, -0.25) is 9.78 Å². The van der Waals surface area contributed by atoms with Crippen LogP contribution in [-0.4, -0.2) is 17.1 Å². The van der Waals surface area contributed by atoms with E-state index in [1.807, 2.05) is 24.4 Å². The van der Waals surface area contributed by atoms with Gasteiger partial charge in [-0.25, -0.2) is 5.43 Å². The summed E-state index contributed by atoms with van der Waals surface area (Å²) in [5.41, 5.74) is 7.75. The van der Waals surface area contributed by atoms with E-state index in [-0.39, 0.29) is 0 Å². The molecule has 2 aromatic rings. The number of amides is 1. The number of nitrogens with zero attached hydrogens (tertiary/aromatic N) is 2. The van der Waals surface area contributed by atoms with Gasteiger partial charge in [0.1, 0.15) is 0 Å². The van der Waals surface area contributed by atoms with Crippen molar-refractivity contribution in [3.05, 3.63) is 53.9 Å². The molecule has 0 bridgehead atoms. The van der Waals surface area contributed by atoms with Crippen LogP contribution in [0.4, 0.5) is 0 Å². The summed E-state index contributed by atoms with van der Waals surface area (Å²) in [6, 6.07) is 10.2. The molecule has 1 aromatic carbocycles. The molecule has 4 nitrogen and oxygen atoms in total. The lowest BCUT2D eigenvalue weighted by molar-refractivity contribution is -0.109. The molecule has 0 saturated heterocycles. The Bertz CT molecular complexity index is 636. The van der Waals surface area contributed by atoms with Crippen LogP contribution in [0.15, 0.2) is 47.8 Å². The number of benzene rings is 1. The number of rotatable bonds is 6. The predicted molar refractivity (Wildman–Crippen MR) is 85.1 cm³/mol. The quantitative estimate of drug-likeness (QED) is 0.502. The zero-order valence-electron chi connectivity index (χ0n) is 12.3. The second kappa shape index (κ2) is 7.33. The lowest BCUT2D eigenvalue weighted by Crippen LogP contribution is -2.09. The van der Waals surface area contributed by atoms with E-state index < -0.39 is 0 Å². The third-order valence-corrected chi connectivity index (χ3v) is 3.27. The fraction of sp³-hybridized carbons (Fsp3) is 0.235. The molecule has 0 aliphatic rings. The Morgan fingerprint density at radius 1 is 1.38 bits per heavy atom. The van der Waals surface area contributed by atoms with Crippen LogP contribution in [0.25, 0.3) is 11.1 Å². The Kier molecular flexibility index (Phi) is 5.21. The molecule has 0 spiro atoms. The second-order valence-electron chi connectivity index (χ2n) is 4.83. The fourth-order valence-corrected chi connectivity index (χ4v) is 2.30. The van der Waals surface area contributed by atoms with Gasteiger partial charge in [0, 0.05) is 18.0 Å². The van der Waals surface area contributed by atoms with E-state index in [2.05, 4.69) is 41.5 Å². The van der Waals surface area contributed by atoms with Crippen LogP contribution in [-0.2, 0) is 4.79 Å². The van der Waals surface area contributed by atoms with Crippen molar-refractivity contribution in [2.75, 3.05) is 0 Å². The molecule has 1 heterocycles. The van der Waals surface area contributed by atoms with Crippen molar-refractivity contribution in [2.45, 2.75) is 26.7 Å². The number of hydrogen-bond donors (Lipinski definition) is 1. The lowest BCUT2D eigenvalue weighted by atomic mass is 9.97. The minimum atomic E-state index is 0.590. The van der Waals surface area contributed by atoms with E-state index in [1.165, 1.54) is 0 Å². The maximum Gasteiger partial charge on any atom is 0.227 e. The van der Waals surface area contributed by atoms with Crippen molar-refractivity contribution >= 4 is 12.1 Å². The largest absolute Gasteiger partial charge is 0.277 e. The number of carbonyl (C=O) groups excluding carboxylic acids is 1. The smallest absolute Gasteiger partial charge is 0.227 e. The summed E-state index contributed by atoms with van der Waals surface area (Å²) < 4.78 is 0. The first kappa shape index (κ1) is 14.9. The number of aryl methyl sites for hydroxylation is 1. The summed E-state index contributed by atoms with van der Waals surface area (Å²) in [6.45, 7) is 4.16. The molecule has 4 heteroatoms. The summed E-state index contributed by atoms with van der Waals surface area (Å²) >= 11 is 0. The number of nitrogens with one attached hydrogen (secondary N) is 1. The van der Waals surface area contributed by atoms with Crippen LogP contribution in [0.5, 0.6) is 0 Å². The normalized spacial score (nSPS) is 11.2. The van der Waals surface area contributed by atoms with Crippen molar-refractivity contribution in [1.82, 2.24) is 10.4 Å². The van der Waals surface area contributed by atoms with Crippen molar-refractivity contribution < 1.29 is 4.79 Å². The first-order chi connectivity index (χ1) is 10.3. The van der Waals surface area contributed by atoms with Gasteiger partial charge in [0.05, 0.1) is 5.71 Å². The molecule has 0 unspecified atom stereocenters. The van der Waals surface area contributed by atoms with E-state index in [0.717, 1.165) is 40.8 Å². The summed E-state index contributed by atoms with van der Waals surface area (Å²) in [5.74, 6) is 0. The Balaban J connectivity index is 2.35. The molecule has 1 amide bonds. The number of hydrazone groups is 1. The standard InChI is InChI=1S/C17H19N3O/c1-3-5-17(20-19-12-21)14-7-8-16(13(2)10-14)15-6-4-9-18-11-15/h4,6-12H,3,5H2,1-2H3,(H,19,21)/b20-17+. The van der Waals surface area contributed by atoms with E-state index in [4.69, 9.17) is 0 Å². The van der Waals surface area contributed by atoms with E-state index in [0.29, 0.717) is 6.41 Å². The van der Waals surface area contributed by atoms with Crippen LogP contribution in [0, 0.1) is 6.92 Å². The Morgan fingerprint density at radius 2 is 2.24 bits per heavy atom. The van der Waals surface area contributed by atoms with E-state index in [9.17, 15) is 4.79 Å². The number of carbonyl (C=O) groups is 1. The van der Waals surface area contributed by atoms with Gasteiger partial charge in [-0.1, -0.05) is 31.5 Å².